The number of piperidine rings is 2. The zero-order valence-corrected chi connectivity index (χ0v) is 20.4. The molecule has 0 bridgehead atoms. The Morgan fingerprint density at radius 1 is 1.06 bits per heavy atom. The van der Waals surface area contributed by atoms with E-state index >= 15 is 0 Å². The molecule has 2 heterocycles. The molecule has 0 amide bonds. The number of benzene rings is 1. The molecule has 1 aromatic carbocycles. The lowest BCUT2D eigenvalue weighted by Gasteiger charge is -2.41. The first-order valence-electron chi connectivity index (χ1n) is 11.8. The van der Waals surface area contributed by atoms with Crippen LogP contribution in [0.3, 0.4) is 0 Å². The summed E-state index contributed by atoms with van der Waals surface area (Å²) in [6.45, 7) is 6.85. The van der Waals surface area contributed by atoms with Crippen molar-refractivity contribution >= 4 is 40.8 Å². The van der Waals surface area contributed by atoms with Crippen molar-refractivity contribution in [3.05, 3.63) is 58.7 Å². The lowest BCUT2D eigenvalue weighted by Crippen LogP contribution is -2.46. The molecule has 32 heavy (non-hydrogen) atoms. The third kappa shape index (κ3) is 5.78. The number of alkyl halides is 1. The van der Waals surface area contributed by atoms with E-state index in [1.54, 1.807) is 0 Å². The average molecular weight is 473 g/mol. The van der Waals surface area contributed by atoms with Gasteiger partial charge in [0.25, 0.3) is 0 Å². The van der Waals surface area contributed by atoms with E-state index < -0.39 is 0 Å². The zero-order chi connectivity index (χ0) is 22.5. The summed E-state index contributed by atoms with van der Waals surface area (Å²) in [7, 11) is 0. The second kappa shape index (κ2) is 10.9. The fourth-order valence-corrected chi connectivity index (χ4v) is 5.59. The molecule has 1 aromatic rings. The van der Waals surface area contributed by atoms with Gasteiger partial charge in [-0.15, -0.1) is 11.6 Å². The highest BCUT2D eigenvalue weighted by molar-refractivity contribution is 6.32. The van der Waals surface area contributed by atoms with Gasteiger partial charge in [0.15, 0.2) is 0 Å². The number of hydrogen-bond donors (Lipinski definition) is 2. The molecule has 2 aliphatic heterocycles. The fourth-order valence-electron chi connectivity index (χ4n) is 5.04. The Balaban J connectivity index is 1.44. The van der Waals surface area contributed by atoms with E-state index in [2.05, 4.69) is 34.2 Å². The summed E-state index contributed by atoms with van der Waals surface area (Å²) in [5.74, 6) is 0. The third-order valence-electron chi connectivity index (χ3n) is 6.91. The van der Waals surface area contributed by atoms with Gasteiger partial charge in [0.2, 0.25) is 0 Å². The van der Waals surface area contributed by atoms with Crippen LogP contribution >= 0.6 is 23.2 Å². The van der Waals surface area contributed by atoms with Crippen molar-refractivity contribution in [2.24, 2.45) is 0 Å². The largest absolute Gasteiger partial charge is 0.378 e. The zero-order valence-electron chi connectivity index (χ0n) is 18.9. The number of allylic oxidation sites excluding steroid dienone is 4. The fraction of sp³-hybridized carbons (Fsp3) is 0.500. The van der Waals surface area contributed by atoms with Gasteiger partial charge in [0, 0.05) is 53.4 Å². The Hall–Kier alpha value is -1.75. The Labute approximate surface area is 202 Å². The van der Waals surface area contributed by atoms with Gasteiger partial charge in [0.05, 0.1) is 5.38 Å². The Morgan fingerprint density at radius 3 is 2.53 bits per heavy atom. The van der Waals surface area contributed by atoms with Crippen LogP contribution in [0.2, 0.25) is 0 Å². The quantitative estimate of drug-likeness (QED) is 0.384. The van der Waals surface area contributed by atoms with Crippen molar-refractivity contribution in [3.63, 3.8) is 0 Å². The van der Waals surface area contributed by atoms with E-state index in [0.29, 0.717) is 5.03 Å². The molecule has 0 saturated carbocycles. The summed E-state index contributed by atoms with van der Waals surface area (Å²) >= 11 is 12.5. The van der Waals surface area contributed by atoms with Crippen molar-refractivity contribution in [3.8, 4) is 0 Å². The molecular formula is C26H34Cl2N4. The first kappa shape index (κ1) is 23.4. The molecule has 3 aliphatic rings. The van der Waals surface area contributed by atoms with Gasteiger partial charge in [-0.1, -0.05) is 30.2 Å². The smallest absolute Gasteiger partial charge is 0.0720 e. The summed E-state index contributed by atoms with van der Waals surface area (Å²) in [5.41, 5.74) is 4.18. The summed E-state index contributed by atoms with van der Waals surface area (Å²) in [6, 6.07) is 7.18. The minimum Gasteiger partial charge on any atom is -0.378 e. The van der Waals surface area contributed by atoms with Crippen molar-refractivity contribution in [1.29, 1.82) is 5.41 Å². The first-order valence-corrected chi connectivity index (χ1v) is 12.7. The average Bonchev–Trinajstić information content (AvgIpc) is 2.99. The van der Waals surface area contributed by atoms with Crippen LogP contribution in [0.25, 0.3) is 0 Å². The van der Waals surface area contributed by atoms with E-state index in [1.807, 2.05) is 30.4 Å². The molecule has 0 aromatic heterocycles. The monoisotopic (exact) mass is 472 g/mol. The predicted molar refractivity (Wildman–Crippen MR) is 139 cm³/mol. The molecule has 2 unspecified atom stereocenters. The highest BCUT2D eigenvalue weighted by atomic mass is 35.5. The lowest BCUT2D eigenvalue weighted by atomic mass is 9.99. The number of hydrogen-bond acceptors (Lipinski definition) is 4. The minimum absolute atomic E-state index is 0.0438. The van der Waals surface area contributed by atoms with Crippen LogP contribution in [-0.2, 0) is 0 Å². The van der Waals surface area contributed by atoms with Crippen molar-refractivity contribution in [2.45, 2.75) is 56.5 Å². The van der Waals surface area contributed by atoms with Crippen LogP contribution < -0.4 is 10.2 Å². The van der Waals surface area contributed by atoms with E-state index in [0.717, 1.165) is 36.0 Å². The number of rotatable bonds is 6. The van der Waals surface area contributed by atoms with E-state index in [-0.39, 0.29) is 11.4 Å². The molecule has 4 nitrogen and oxygen atoms in total. The molecular weight excluding hydrogens is 439 g/mol. The lowest BCUT2D eigenvalue weighted by molar-refractivity contribution is 0.141. The predicted octanol–water partition coefficient (Wildman–Crippen LogP) is 6.17. The third-order valence-corrected chi connectivity index (χ3v) is 7.41. The van der Waals surface area contributed by atoms with E-state index in [9.17, 15) is 0 Å². The van der Waals surface area contributed by atoms with Gasteiger partial charge in [-0.3, -0.25) is 0 Å². The summed E-state index contributed by atoms with van der Waals surface area (Å²) in [5, 5.41) is 11.9. The van der Waals surface area contributed by atoms with Crippen LogP contribution in [0.5, 0.6) is 0 Å². The van der Waals surface area contributed by atoms with Crippen LogP contribution in [0.15, 0.2) is 53.1 Å². The summed E-state index contributed by atoms with van der Waals surface area (Å²) in [6.07, 6.45) is 15.7. The van der Waals surface area contributed by atoms with Crippen molar-refractivity contribution < 1.29 is 0 Å². The number of nitrogens with one attached hydrogen (secondary N) is 2. The van der Waals surface area contributed by atoms with Crippen molar-refractivity contribution in [2.75, 3.05) is 36.4 Å². The van der Waals surface area contributed by atoms with Gasteiger partial charge in [-0.05, 0) is 81.6 Å². The second-order valence-electron chi connectivity index (χ2n) is 9.09. The topological polar surface area (TPSA) is 42.4 Å². The molecule has 0 spiro atoms. The van der Waals surface area contributed by atoms with E-state index in [1.165, 1.54) is 57.1 Å². The minimum atomic E-state index is -0.230. The van der Waals surface area contributed by atoms with Crippen LogP contribution in [-0.4, -0.2) is 54.8 Å². The summed E-state index contributed by atoms with van der Waals surface area (Å²) in [4.78, 5) is 5.21. The van der Waals surface area contributed by atoms with Gasteiger partial charge < -0.3 is 20.5 Å². The molecule has 4 rings (SSSR count). The standard InChI is InChI=1S/C26H34Cl2N4/c1-19(20-5-7-22(27)16-23(28)15-20)30-26-17-25(8-6-21(26)18-29)32-13-9-24(10-14-32)31-11-3-2-4-12-31/h5-8,15-19,23-24,29-30H,2-4,9-14H2,1H3. The van der Waals surface area contributed by atoms with Crippen LogP contribution in [0, 0.1) is 5.41 Å². The Bertz CT molecular complexity index is 893. The Morgan fingerprint density at radius 2 is 1.81 bits per heavy atom. The molecule has 2 N–H and O–H groups in total. The molecule has 2 saturated heterocycles. The van der Waals surface area contributed by atoms with Gasteiger partial charge in [-0.2, -0.15) is 0 Å². The second-order valence-corrected chi connectivity index (χ2v) is 10.0. The molecule has 172 valence electrons. The van der Waals surface area contributed by atoms with Crippen molar-refractivity contribution in [1.82, 2.24) is 4.90 Å². The number of halogens is 2. The van der Waals surface area contributed by atoms with Crippen LogP contribution in [0.1, 0.15) is 44.6 Å². The SMILES string of the molecule is CC(Nc1cc(N2CCC(N3CCCCC3)CC2)ccc1C=N)C1=CC(Cl)C=C(Cl)C=C1. The van der Waals surface area contributed by atoms with Crippen LogP contribution in [0.4, 0.5) is 11.4 Å². The molecule has 2 atom stereocenters. The van der Waals surface area contributed by atoms with Gasteiger partial charge in [-0.25, -0.2) is 0 Å². The number of nitrogens with zero attached hydrogens (tertiary/aromatic N) is 2. The first-order chi connectivity index (χ1) is 15.5. The van der Waals surface area contributed by atoms with Gasteiger partial charge in [0.1, 0.15) is 0 Å². The number of anilines is 2. The maximum Gasteiger partial charge on any atom is 0.0720 e. The highest BCUT2D eigenvalue weighted by Crippen LogP contribution is 2.29. The molecule has 0 radical (unpaired) electrons. The summed E-state index contributed by atoms with van der Waals surface area (Å²) < 4.78 is 0. The maximum absolute atomic E-state index is 7.86. The maximum atomic E-state index is 7.86. The number of likely N-dealkylation sites (tertiary alicyclic amines) is 1. The van der Waals surface area contributed by atoms with E-state index in [4.69, 9.17) is 28.6 Å². The van der Waals surface area contributed by atoms with Gasteiger partial charge >= 0.3 is 0 Å². The highest BCUT2D eigenvalue weighted by Gasteiger charge is 2.26. The molecule has 2 fully saturated rings. The Kier molecular flexibility index (Phi) is 7.98. The molecule has 1 aliphatic carbocycles. The molecule has 6 heteroatoms. The normalized spacial score (nSPS) is 23.8.